The lowest BCUT2D eigenvalue weighted by molar-refractivity contribution is -0.129. The molecule has 0 unspecified atom stereocenters. The average Bonchev–Trinajstić information content (AvgIpc) is 2.44. The van der Waals surface area contributed by atoms with Gasteiger partial charge in [-0.1, -0.05) is 48.6 Å². The van der Waals surface area contributed by atoms with E-state index in [1.165, 1.54) is 11.6 Å². The average molecular weight is 260 g/mol. The smallest absolute Gasteiger partial charge is 0.245 e. The Labute approximate surface area is 111 Å². The van der Waals surface area contributed by atoms with E-state index in [9.17, 15) is 9.59 Å². The molecular weight excluding hydrogens is 244 g/mol. The van der Waals surface area contributed by atoms with Crippen LogP contribution in [0.5, 0.6) is 0 Å². The highest BCUT2D eigenvalue weighted by Crippen LogP contribution is 2.00. The lowest BCUT2D eigenvalue weighted by Crippen LogP contribution is -2.28. The molecule has 0 heterocycles. The molecule has 0 radical (unpaired) electrons. The van der Waals surface area contributed by atoms with E-state index >= 15 is 0 Å². The number of amides is 2. The Kier molecular flexibility index (Phi) is 6.68. The first kappa shape index (κ1) is 14.7. The van der Waals surface area contributed by atoms with Gasteiger partial charge in [0.1, 0.15) is 0 Å². The van der Waals surface area contributed by atoms with Crippen molar-refractivity contribution in [2.24, 2.45) is 0 Å². The van der Waals surface area contributed by atoms with E-state index in [0.717, 1.165) is 5.56 Å². The highest BCUT2D eigenvalue weighted by Gasteiger charge is 1.99. The summed E-state index contributed by atoms with van der Waals surface area (Å²) < 4.78 is 0. The van der Waals surface area contributed by atoms with Gasteiger partial charge in [0.25, 0.3) is 0 Å². The Morgan fingerprint density at radius 3 is 2.58 bits per heavy atom. The first-order chi connectivity index (χ1) is 9.22. The van der Waals surface area contributed by atoms with Gasteiger partial charge in [-0.25, -0.2) is 5.48 Å². The second-order valence-electron chi connectivity index (χ2n) is 3.70. The number of hydrogen-bond donors (Lipinski definition) is 3. The minimum absolute atomic E-state index is 0.0376. The molecule has 19 heavy (non-hydrogen) atoms. The van der Waals surface area contributed by atoms with Gasteiger partial charge in [0.2, 0.25) is 11.8 Å². The summed E-state index contributed by atoms with van der Waals surface area (Å²) in [5.41, 5.74) is 2.54. The molecular formula is C14H16N2O3. The summed E-state index contributed by atoms with van der Waals surface area (Å²) in [7, 11) is 0. The third-order valence-corrected chi connectivity index (χ3v) is 2.22. The van der Waals surface area contributed by atoms with Gasteiger partial charge in [-0.15, -0.1) is 0 Å². The topological polar surface area (TPSA) is 78.4 Å². The van der Waals surface area contributed by atoms with Crippen molar-refractivity contribution < 1.29 is 14.8 Å². The van der Waals surface area contributed by atoms with E-state index in [4.69, 9.17) is 5.21 Å². The maximum absolute atomic E-state index is 11.3. The van der Waals surface area contributed by atoms with Crippen LogP contribution in [0.4, 0.5) is 0 Å². The van der Waals surface area contributed by atoms with E-state index in [0.29, 0.717) is 0 Å². The van der Waals surface area contributed by atoms with Crippen LogP contribution in [0.15, 0.2) is 48.6 Å². The first-order valence-corrected chi connectivity index (χ1v) is 5.83. The summed E-state index contributed by atoms with van der Waals surface area (Å²) in [5.74, 6) is -0.822. The van der Waals surface area contributed by atoms with Crippen molar-refractivity contribution >= 4 is 17.9 Å². The van der Waals surface area contributed by atoms with Gasteiger partial charge in [-0.2, -0.15) is 0 Å². The normalized spacial score (nSPS) is 10.8. The van der Waals surface area contributed by atoms with Crippen LogP contribution in [0.1, 0.15) is 12.0 Å². The van der Waals surface area contributed by atoms with E-state index in [1.807, 2.05) is 36.4 Å². The van der Waals surface area contributed by atoms with Crippen molar-refractivity contribution in [3.8, 4) is 0 Å². The van der Waals surface area contributed by atoms with Crippen molar-refractivity contribution in [2.45, 2.75) is 6.42 Å². The second-order valence-corrected chi connectivity index (χ2v) is 3.70. The zero-order valence-corrected chi connectivity index (χ0v) is 10.4. The van der Waals surface area contributed by atoms with Gasteiger partial charge in [-0.05, 0) is 5.56 Å². The van der Waals surface area contributed by atoms with Crippen LogP contribution in [0.25, 0.3) is 6.08 Å². The standard InChI is InChI=1S/C14H16N2O3/c17-13(15-11-10-14(18)16-19)9-5-4-8-12-6-2-1-3-7-12/h1-9,19H,10-11H2,(H,15,17)(H,16,18)/b8-4+,9-5+. The fourth-order valence-electron chi connectivity index (χ4n) is 1.29. The van der Waals surface area contributed by atoms with E-state index in [1.54, 1.807) is 12.2 Å². The second kappa shape index (κ2) is 8.66. The minimum Gasteiger partial charge on any atom is -0.352 e. The third-order valence-electron chi connectivity index (χ3n) is 2.22. The number of nitrogens with one attached hydrogen (secondary N) is 2. The number of allylic oxidation sites excluding steroid dienone is 2. The number of carbonyl (C=O) groups is 2. The predicted octanol–water partition coefficient (Wildman–Crippen LogP) is 1.27. The molecule has 1 aromatic rings. The molecule has 0 atom stereocenters. The number of carbonyl (C=O) groups excluding carboxylic acids is 2. The number of benzene rings is 1. The monoisotopic (exact) mass is 260 g/mol. The van der Waals surface area contributed by atoms with Crippen LogP contribution in [0.3, 0.4) is 0 Å². The molecule has 0 aliphatic carbocycles. The Morgan fingerprint density at radius 2 is 1.89 bits per heavy atom. The number of hydroxylamine groups is 1. The van der Waals surface area contributed by atoms with Gasteiger partial charge in [0.15, 0.2) is 0 Å². The highest BCUT2D eigenvalue weighted by atomic mass is 16.5. The summed E-state index contributed by atoms with van der Waals surface area (Å²) in [6.45, 7) is 0.179. The van der Waals surface area contributed by atoms with Gasteiger partial charge in [0.05, 0.1) is 0 Å². The van der Waals surface area contributed by atoms with Crippen LogP contribution >= 0.6 is 0 Å². The van der Waals surface area contributed by atoms with Crippen LogP contribution in [-0.2, 0) is 9.59 Å². The molecule has 0 saturated heterocycles. The third kappa shape index (κ3) is 6.80. The van der Waals surface area contributed by atoms with Crippen molar-refractivity contribution in [1.82, 2.24) is 10.8 Å². The quantitative estimate of drug-likeness (QED) is 0.312. The van der Waals surface area contributed by atoms with Crippen LogP contribution in [-0.4, -0.2) is 23.6 Å². The first-order valence-electron chi connectivity index (χ1n) is 5.83. The molecule has 1 rings (SSSR count). The Bertz CT molecular complexity index is 467. The summed E-state index contributed by atoms with van der Waals surface area (Å²) in [5, 5.41) is 10.8. The zero-order valence-electron chi connectivity index (χ0n) is 10.4. The van der Waals surface area contributed by atoms with Crippen molar-refractivity contribution in [2.75, 3.05) is 6.54 Å². The zero-order chi connectivity index (χ0) is 13.9. The van der Waals surface area contributed by atoms with Gasteiger partial charge < -0.3 is 5.32 Å². The Hall–Kier alpha value is -2.40. The van der Waals surface area contributed by atoms with Crippen molar-refractivity contribution in [3.63, 3.8) is 0 Å². The Morgan fingerprint density at radius 1 is 1.16 bits per heavy atom. The molecule has 100 valence electrons. The molecule has 0 spiro atoms. The van der Waals surface area contributed by atoms with E-state index in [2.05, 4.69) is 5.32 Å². The lowest BCUT2D eigenvalue weighted by atomic mass is 10.2. The molecule has 0 saturated carbocycles. The van der Waals surface area contributed by atoms with Crippen molar-refractivity contribution in [3.05, 3.63) is 54.1 Å². The van der Waals surface area contributed by atoms with Crippen LogP contribution < -0.4 is 10.8 Å². The summed E-state index contributed by atoms with van der Waals surface area (Å²) in [6.07, 6.45) is 6.67. The van der Waals surface area contributed by atoms with Crippen LogP contribution in [0.2, 0.25) is 0 Å². The molecule has 0 aliphatic heterocycles. The minimum atomic E-state index is -0.534. The Balaban J connectivity index is 2.27. The SMILES string of the molecule is O=C(/C=C/C=C/c1ccccc1)NCCC(=O)NO. The van der Waals surface area contributed by atoms with Gasteiger partial charge in [-0.3, -0.25) is 14.8 Å². The predicted molar refractivity (Wildman–Crippen MR) is 72.2 cm³/mol. The fraction of sp³-hybridized carbons (Fsp3) is 0.143. The summed E-state index contributed by atoms with van der Waals surface area (Å²) >= 11 is 0. The molecule has 0 aliphatic rings. The van der Waals surface area contributed by atoms with Crippen LogP contribution in [0, 0.1) is 0 Å². The number of hydrogen-bond acceptors (Lipinski definition) is 3. The molecule has 0 fully saturated rings. The molecule has 0 bridgehead atoms. The molecule has 5 heteroatoms. The van der Waals surface area contributed by atoms with E-state index < -0.39 is 5.91 Å². The molecule has 1 aromatic carbocycles. The maximum Gasteiger partial charge on any atom is 0.245 e. The maximum atomic E-state index is 11.3. The van der Waals surface area contributed by atoms with Crippen molar-refractivity contribution in [1.29, 1.82) is 0 Å². The van der Waals surface area contributed by atoms with Gasteiger partial charge in [0, 0.05) is 19.0 Å². The number of rotatable bonds is 6. The summed E-state index contributed by atoms with van der Waals surface area (Å²) in [4.78, 5) is 22.0. The fourth-order valence-corrected chi connectivity index (χ4v) is 1.29. The summed E-state index contributed by atoms with van der Waals surface area (Å²) in [6, 6.07) is 9.71. The molecule has 0 aromatic heterocycles. The molecule has 2 amide bonds. The highest BCUT2D eigenvalue weighted by molar-refractivity contribution is 5.88. The lowest BCUT2D eigenvalue weighted by Gasteiger charge is -1.99. The van der Waals surface area contributed by atoms with Gasteiger partial charge >= 0.3 is 0 Å². The molecule has 5 nitrogen and oxygen atoms in total. The molecule has 3 N–H and O–H groups in total. The van der Waals surface area contributed by atoms with E-state index in [-0.39, 0.29) is 18.9 Å². The largest absolute Gasteiger partial charge is 0.352 e.